The smallest absolute Gasteiger partial charge is 0.259 e. The molecular weight excluding hydrogens is 404 g/mol. The highest BCUT2D eigenvalue weighted by molar-refractivity contribution is 8.09. The van der Waals surface area contributed by atoms with Gasteiger partial charge in [-0.05, 0) is 118 Å². The van der Waals surface area contributed by atoms with Gasteiger partial charge in [0.2, 0.25) is 0 Å². The molecule has 0 aromatic carbocycles. The molecule has 7 aliphatic rings. The van der Waals surface area contributed by atoms with Crippen LogP contribution in [0.1, 0.15) is 32.1 Å². The first-order valence-electron chi connectivity index (χ1n) is 8.13. The van der Waals surface area contributed by atoms with Crippen LogP contribution >= 0.6 is 56.7 Å². The molecule has 22 heavy (non-hydrogen) atoms. The SMILES string of the molecule is O=P(Cl)(Cl)C1C2CC3C4CC5CC(C41)C(C2)C3(P(=O)(Cl)Cl)C5. The first-order valence-corrected chi connectivity index (χ1v) is 15.2. The van der Waals surface area contributed by atoms with Crippen molar-refractivity contribution in [2.45, 2.75) is 42.9 Å². The number of hydrogen-bond donors (Lipinski definition) is 0. The molecule has 0 radical (unpaired) electrons. The van der Waals surface area contributed by atoms with Crippen molar-refractivity contribution >= 4 is 56.7 Å². The van der Waals surface area contributed by atoms with E-state index in [1.165, 1.54) is 0 Å². The summed E-state index contributed by atoms with van der Waals surface area (Å²) in [4.78, 5) is 0. The van der Waals surface area contributed by atoms with E-state index < -0.39 is 11.7 Å². The normalized spacial score (nSPS) is 58.5. The summed E-state index contributed by atoms with van der Waals surface area (Å²) in [7, 11) is 0. The van der Waals surface area contributed by atoms with Crippen molar-refractivity contribution in [3.63, 3.8) is 0 Å². The summed E-state index contributed by atoms with van der Waals surface area (Å²) in [6, 6.07) is 0. The van der Waals surface area contributed by atoms with Crippen molar-refractivity contribution in [2.75, 3.05) is 0 Å². The molecule has 0 saturated heterocycles. The van der Waals surface area contributed by atoms with E-state index in [1.807, 2.05) is 0 Å². The molecule has 0 N–H and O–H groups in total. The van der Waals surface area contributed by atoms with Gasteiger partial charge >= 0.3 is 0 Å². The van der Waals surface area contributed by atoms with Gasteiger partial charge in [0.05, 0.1) is 5.16 Å². The van der Waals surface area contributed by atoms with E-state index in [1.54, 1.807) is 0 Å². The molecule has 8 bridgehead atoms. The zero-order valence-corrected chi connectivity index (χ0v) is 16.7. The van der Waals surface area contributed by atoms with Crippen LogP contribution in [0.2, 0.25) is 0 Å². The van der Waals surface area contributed by atoms with Gasteiger partial charge in [-0.25, -0.2) is 0 Å². The maximum atomic E-state index is 12.9. The first-order chi connectivity index (χ1) is 10.1. The second-order valence-electron chi connectivity index (χ2n) is 8.34. The van der Waals surface area contributed by atoms with Gasteiger partial charge < -0.3 is 0 Å². The van der Waals surface area contributed by atoms with E-state index in [0.717, 1.165) is 32.1 Å². The van der Waals surface area contributed by atoms with E-state index in [0.29, 0.717) is 41.4 Å². The van der Waals surface area contributed by atoms with Gasteiger partial charge in [0.25, 0.3) is 11.7 Å². The predicted molar refractivity (Wildman–Crippen MR) is 92.7 cm³/mol. The molecule has 7 saturated carbocycles. The summed E-state index contributed by atoms with van der Waals surface area (Å²) in [6.07, 6.45) is 5.02. The molecular formula is C14H18Cl4O2P2. The van der Waals surface area contributed by atoms with Crippen LogP contribution in [0.15, 0.2) is 0 Å². The Morgan fingerprint density at radius 3 is 1.86 bits per heavy atom. The Bertz CT molecular complexity index is 615. The molecule has 8 heteroatoms. The fraction of sp³-hybridized carbons (Fsp3) is 1.00. The molecule has 0 amide bonds. The zero-order chi connectivity index (χ0) is 15.7. The summed E-state index contributed by atoms with van der Waals surface area (Å²) in [5.41, 5.74) is -0.0552. The Kier molecular flexibility index (Phi) is 3.22. The molecule has 7 fully saturated rings. The largest absolute Gasteiger partial charge is 0.289 e. The molecule has 5 atom stereocenters. The van der Waals surface area contributed by atoms with E-state index in [-0.39, 0.29) is 10.8 Å². The molecule has 124 valence electrons. The van der Waals surface area contributed by atoms with Crippen molar-refractivity contribution in [3.8, 4) is 0 Å². The van der Waals surface area contributed by atoms with Crippen molar-refractivity contribution in [3.05, 3.63) is 0 Å². The Morgan fingerprint density at radius 2 is 1.41 bits per heavy atom. The fourth-order valence-electron chi connectivity index (χ4n) is 7.86. The molecule has 7 aliphatic carbocycles. The van der Waals surface area contributed by atoms with Gasteiger partial charge in [-0.2, -0.15) is 0 Å². The molecule has 0 spiro atoms. The van der Waals surface area contributed by atoms with Crippen molar-refractivity contribution in [1.82, 2.24) is 0 Å². The second kappa shape index (κ2) is 4.47. The van der Waals surface area contributed by atoms with E-state index >= 15 is 0 Å². The molecule has 0 aromatic heterocycles. The number of rotatable bonds is 2. The van der Waals surface area contributed by atoms with Crippen LogP contribution < -0.4 is 0 Å². The first kappa shape index (κ1) is 15.8. The molecule has 7 rings (SSSR count). The van der Waals surface area contributed by atoms with Crippen LogP contribution in [0, 0.1) is 41.4 Å². The molecule has 0 aliphatic heterocycles. The van der Waals surface area contributed by atoms with E-state index in [2.05, 4.69) is 0 Å². The summed E-state index contributed by atoms with van der Waals surface area (Å²) in [5, 5.41) is -0.368. The van der Waals surface area contributed by atoms with Crippen molar-refractivity contribution in [1.29, 1.82) is 0 Å². The molecule has 0 heterocycles. The van der Waals surface area contributed by atoms with Gasteiger partial charge in [0, 0.05) is 5.66 Å². The Labute approximate surface area is 149 Å². The molecule has 5 unspecified atom stereocenters. The van der Waals surface area contributed by atoms with Crippen molar-refractivity contribution in [2.24, 2.45) is 41.4 Å². The third-order valence-corrected chi connectivity index (χ3v) is 14.5. The van der Waals surface area contributed by atoms with Gasteiger partial charge in [-0.3, -0.25) is 9.13 Å². The number of hydrogen-bond acceptors (Lipinski definition) is 2. The standard InChI is InChI=1S/C14H18Cl4O2P2/c15-21(16,19)13-7-3-10-8-1-6-2-9(12(8)13)11(4-7)14(10,5-6)22(17,18)20/h6-13H,1-5H2. The minimum atomic E-state index is -3.20. The van der Waals surface area contributed by atoms with Gasteiger partial charge in [-0.15, -0.1) is 0 Å². The zero-order valence-electron chi connectivity index (χ0n) is 11.9. The average molecular weight is 422 g/mol. The lowest BCUT2D eigenvalue weighted by molar-refractivity contribution is -0.186. The van der Waals surface area contributed by atoms with Crippen LogP contribution in [0.3, 0.4) is 0 Å². The topological polar surface area (TPSA) is 34.1 Å². The van der Waals surface area contributed by atoms with Gasteiger partial charge in [-0.1, -0.05) is 0 Å². The van der Waals surface area contributed by atoms with Crippen LogP contribution in [0.4, 0.5) is 0 Å². The highest BCUT2D eigenvalue weighted by Crippen LogP contribution is 2.88. The lowest BCUT2D eigenvalue weighted by Gasteiger charge is -2.75. The molecule has 2 nitrogen and oxygen atoms in total. The Hall–Kier alpha value is 1.62. The van der Waals surface area contributed by atoms with E-state index in [9.17, 15) is 9.13 Å². The van der Waals surface area contributed by atoms with Crippen LogP contribution in [0.25, 0.3) is 0 Å². The van der Waals surface area contributed by atoms with Crippen LogP contribution in [-0.2, 0) is 9.13 Å². The maximum Gasteiger partial charge on any atom is 0.259 e. The number of halogens is 4. The quantitative estimate of drug-likeness (QED) is 0.461. The minimum Gasteiger partial charge on any atom is -0.289 e. The summed E-state index contributed by atoms with van der Waals surface area (Å²) in [6.45, 7) is 0. The average Bonchev–Trinajstić information content (AvgIpc) is 2.40. The predicted octanol–water partition coefficient (Wildman–Crippen LogP) is 6.77. The van der Waals surface area contributed by atoms with Crippen LogP contribution in [-0.4, -0.2) is 10.8 Å². The second-order valence-corrected chi connectivity index (χ2v) is 18.6. The van der Waals surface area contributed by atoms with E-state index in [4.69, 9.17) is 45.0 Å². The lowest BCUT2D eigenvalue weighted by atomic mass is 9.35. The third-order valence-electron chi connectivity index (χ3n) is 7.96. The van der Waals surface area contributed by atoms with Crippen LogP contribution in [0.5, 0.6) is 0 Å². The third kappa shape index (κ3) is 1.70. The monoisotopic (exact) mass is 420 g/mol. The van der Waals surface area contributed by atoms with Crippen molar-refractivity contribution < 1.29 is 9.13 Å². The maximum absolute atomic E-state index is 12.9. The van der Waals surface area contributed by atoms with Gasteiger partial charge in [0.15, 0.2) is 0 Å². The summed E-state index contributed by atoms with van der Waals surface area (Å²) < 4.78 is 25.4. The highest BCUT2D eigenvalue weighted by atomic mass is 35.9. The molecule has 0 aromatic rings. The fourth-order valence-corrected chi connectivity index (χ4v) is 14.9. The minimum absolute atomic E-state index is 0.0552. The highest BCUT2D eigenvalue weighted by Gasteiger charge is 2.77. The summed E-state index contributed by atoms with van der Waals surface area (Å²) in [5.74, 6) is -3.62. The summed E-state index contributed by atoms with van der Waals surface area (Å²) >= 11 is 25.1. The Morgan fingerprint density at radius 1 is 0.864 bits per heavy atom. The lowest BCUT2D eigenvalue weighted by Crippen LogP contribution is -2.73. The Balaban J connectivity index is 1.69. The van der Waals surface area contributed by atoms with Gasteiger partial charge in [0.1, 0.15) is 0 Å².